The van der Waals surface area contributed by atoms with E-state index in [4.69, 9.17) is 9.47 Å². The molecule has 1 aliphatic rings. The van der Waals surface area contributed by atoms with E-state index in [1.54, 1.807) is 14.2 Å². The third kappa shape index (κ3) is 4.89. The Morgan fingerprint density at radius 2 is 1.81 bits per heavy atom. The van der Waals surface area contributed by atoms with Gasteiger partial charge in [-0.25, -0.2) is 4.98 Å². The predicted molar refractivity (Wildman–Crippen MR) is 123 cm³/mol. The van der Waals surface area contributed by atoms with Gasteiger partial charge in [0.05, 0.1) is 14.2 Å². The van der Waals surface area contributed by atoms with Gasteiger partial charge >= 0.3 is 0 Å². The standard InChI is InChI=1S/C24H27N3O3S/c1-17-5-4-6-18(13-17)15-26-9-11-27(12-10-26)24(28)20-16-31-23(25-20)19-7-8-21(29-2)22(14-19)30-3/h4-8,13-14,16H,9-12,15H2,1-3H3. The minimum absolute atomic E-state index is 0.00168. The van der Waals surface area contributed by atoms with Gasteiger partial charge in [0, 0.05) is 43.7 Å². The van der Waals surface area contributed by atoms with Crippen molar-refractivity contribution in [2.45, 2.75) is 13.5 Å². The summed E-state index contributed by atoms with van der Waals surface area (Å²) in [4.78, 5) is 21.9. The molecule has 1 fully saturated rings. The molecule has 2 aromatic carbocycles. The second kappa shape index (κ2) is 9.49. The lowest BCUT2D eigenvalue weighted by molar-refractivity contribution is 0.0623. The Morgan fingerprint density at radius 1 is 1.03 bits per heavy atom. The molecule has 0 spiro atoms. The number of nitrogens with zero attached hydrogens (tertiary/aromatic N) is 3. The molecular formula is C24H27N3O3S. The highest BCUT2D eigenvalue weighted by atomic mass is 32.1. The van der Waals surface area contributed by atoms with Crippen LogP contribution in [0, 0.1) is 6.92 Å². The van der Waals surface area contributed by atoms with E-state index in [1.807, 2.05) is 28.5 Å². The number of hydrogen-bond donors (Lipinski definition) is 0. The van der Waals surface area contributed by atoms with Crippen molar-refractivity contribution < 1.29 is 14.3 Å². The lowest BCUT2D eigenvalue weighted by Gasteiger charge is -2.34. The van der Waals surface area contributed by atoms with Crippen LogP contribution in [0.1, 0.15) is 21.6 Å². The fourth-order valence-electron chi connectivity index (χ4n) is 3.81. The quantitative estimate of drug-likeness (QED) is 0.581. The van der Waals surface area contributed by atoms with Crippen LogP contribution in [0.25, 0.3) is 10.6 Å². The maximum absolute atomic E-state index is 13.0. The molecule has 0 N–H and O–H groups in total. The number of piperazine rings is 1. The molecule has 0 bridgehead atoms. The Labute approximate surface area is 187 Å². The summed E-state index contributed by atoms with van der Waals surface area (Å²) in [6.45, 7) is 6.20. The maximum Gasteiger partial charge on any atom is 0.273 e. The molecule has 1 saturated heterocycles. The second-order valence-electron chi connectivity index (χ2n) is 7.67. The Bertz CT molecular complexity index is 1060. The number of benzene rings is 2. The summed E-state index contributed by atoms with van der Waals surface area (Å²) in [6.07, 6.45) is 0. The van der Waals surface area contributed by atoms with Gasteiger partial charge in [0.25, 0.3) is 5.91 Å². The topological polar surface area (TPSA) is 54.9 Å². The smallest absolute Gasteiger partial charge is 0.273 e. The molecule has 4 rings (SSSR count). The molecule has 1 amide bonds. The first-order chi connectivity index (χ1) is 15.1. The maximum atomic E-state index is 13.0. The molecular weight excluding hydrogens is 410 g/mol. The molecule has 162 valence electrons. The van der Waals surface area contributed by atoms with Gasteiger partial charge in [-0.05, 0) is 30.7 Å². The van der Waals surface area contributed by atoms with Crippen LogP contribution in [-0.4, -0.2) is 61.1 Å². The van der Waals surface area contributed by atoms with Gasteiger partial charge in [0.1, 0.15) is 10.7 Å². The van der Waals surface area contributed by atoms with Crippen LogP contribution in [0.2, 0.25) is 0 Å². The highest BCUT2D eigenvalue weighted by molar-refractivity contribution is 7.13. The Kier molecular flexibility index (Phi) is 6.53. The molecule has 7 heteroatoms. The average molecular weight is 438 g/mol. The molecule has 1 aromatic heterocycles. The minimum atomic E-state index is -0.00168. The Morgan fingerprint density at radius 3 is 2.52 bits per heavy atom. The molecule has 0 aliphatic carbocycles. The molecule has 0 radical (unpaired) electrons. The first-order valence-electron chi connectivity index (χ1n) is 10.3. The number of methoxy groups -OCH3 is 2. The number of ether oxygens (including phenoxy) is 2. The van der Waals surface area contributed by atoms with Gasteiger partial charge in [-0.15, -0.1) is 11.3 Å². The summed E-state index contributed by atoms with van der Waals surface area (Å²) in [5.41, 5.74) is 4.01. The van der Waals surface area contributed by atoms with Crippen LogP contribution in [0.3, 0.4) is 0 Å². The normalized spacial score (nSPS) is 14.5. The van der Waals surface area contributed by atoms with Gasteiger partial charge < -0.3 is 14.4 Å². The lowest BCUT2D eigenvalue weighted by atomic mass is 10.1. The van der Waals surface area contributed by atoms with Crippen molar-refractivity contribution in [3.63, 3.8) is 0 Å². The lowest BCUT2D eigenvalue weighted by Crippen LogP contribution is -2.48. The van der Waals surface area contributed by atoms with E-state index in [0.29, 0.717) is 30.3 Å². The van der Waals surface area contributed by atoms with E-state index in [1.165, 1.54) is 22.5 Å². The van der Waals surface area contributed by atoms with E-state index in [2.05, 4.69) is 41.1 Å². The molecule has 3 aromatic rings. The number of rotatable bonds is 6. The third-order valence-electron chi connectivity index (χ3n) is 5.50. The summed E-state index contributed by atoms with van der Waals surface area (Å²) >= 11 is 1.47. The van der Waals surface area contributed by atoms with Crippen molar-refractivity contribution in [1.82, 2.24) is 14.8 Å². The fourth-order valence-corrected chi connectivity index (χ4v) is 4.60. The zero-order chi connectivity index (χ0) is 21.8. The van der Waals surface area contributed by atoms with Gasteiger partial charge in [-0.3, -0.25) is 9.69 Å². The van der Waals surface area contributed by atoms with E-state index in [0.717, 1.165) is 30.2 Å². The van der Waals surface area contributed by atoms with Gasteiger partial charge in [0.2, 0.25) is 0 Å². The first kappa shape index (κ1) is 21.3. The largest absolute Gasteiger partial charge is 0.493 e. The van der Waals surface area contributed by atoms with Crippen LogP contribution in [-0.2, 0) is 6.54 Å². The minimum Gasteiger partial charge on any atom is -0.493 e. The Balaban J connectivity index is 1.38. The highest BCUT2D eigenvalue weighted by Gasteiger charge is 2.24. The van der Waals surface area contributed by atoms with Crippen molar-refractivity contribution in [2.75, 3.05) is 40.4 Å². The van der Waals surface area contributed by atoms with Crippen molar-refractivity contribution in [1.29, 1.82) is 0 Å². The van der Waals surface area contributed by atoms with Gasteiger partial charge in [-0.1, -0.05) is 29.8 Å². The SMILES string of the molecule is COc1ccc(-c2nc(C(=O)N3CCN(Cc4cccc(C)c4)CC3)cs2)cc1OC. The number of amides is 1. The van der Waals surface area contributed by atoms with Crippen molar-refractivity contribution in [2.24, 2.45) is 0 Å². The molecule has 0 unspecified atom stereocenters. The number of carbonyl (C=O) groups is 1. The van der Waals surface area contributed by atoms with Crippen LogP contribution >= 0.6 is 11.3 Å². The third-order valence-corrected chi connectivity index (χ3v) is 6.39. The first-order valence-corrected chi connectivity index (χ1v) is 11.2. The van der Waals surface area contributed by atoms with E-state index < -0.39 is 0 Å². The summed E-state index contributed by atoms with van der Waals surface area (Å²) in [5, 5.41) is 2.63. The number of aromatic nitrogens is 1. The molecule has 2 heterocycles. The number of thiazole rings is 1. The summed E-state index contributed by atoms with van der Waals surface area (Å²) in [5.74, 6) is 1.31. The monoisotopic (exact) mass is 437 g/mol. The van der Waals surface area contributed by atoms with Crippen molar-refractivity contribution >= 4 is 17.2 Å². The second-order valence-corrected chi connectivity index (χ2v) is 8.52. The van der Waals surface area contributed by atoms with Crippen LogP contribution < -0.4 is 9.47 Å². The van der Waals surface area contributed by atoms with Crippen molar-refractivity contribution in [3.8, 4) is 22.1 Å². The molecule has 0 saturated carbocycles. The molecule has 31 heavy (non-hydrogen) atoms. The number of carbonyl (C=O) groups excluding carboxylic acids is 1. The van der Waals surface area contributed by atoms with Crippen molar-refractivity contribution in [3.05, 3.63) is 64.7 Å². The van der Waals surface area contributed by atoms with E-state index >= 15 is 0 Å². The Hall–Kier alpha value is -2.90. The molecule has 6 nitrogen and oxygen atoms in total. The average Bonchev–Trinajstić information content (AvgIpc) is 3.29. The van der Waals surface area contributed by atoms with E-state index in [-0.39, 0.29) is 5.91 Å². The molecule has 0 atom stereocenters. The van der Waals surface area contributed by atoms with E-state index in [9.17, 15) is 4.79 Å². The number of hydrogen-bond acceptors (Lipinski definition) is 6. The van der Waals surface area contributed by atoms with Crippen LogP contribution in [0.5, 0.6) is 11.5 Å². The fraction of sp³-hybridized carbons (Fsp3) is 0.333. The summed E-state index contributed by atoms with van der Waals surface area (Å²) in [6, 6.07) is 14.3. The highest BCUT2D eigenvalue weighted by Crippen LogP contribution is 2.33. The summed E-state index contributed by atoms with van der Waals surface area (Å²) in [7, 11) is 3.22. The van der Waals surface area contributed by atoms with Crippen LogP contribution in [0.15, 0.2) is 47.8 Å². The van der Waals surface area contributed by atoms with Crippen LogP contribution in [0.4, 0.5) is 0 Å². The number of aryl methyl sites for hydroxylation is 1. The van der Waals surface area contributed by atoms with Gasteiger partial charge in [0.15, 0.2) is 11.5 Å². The zero-order valence-corrected chi connectivity index (χ0v) is 18.9. The van der Waals surface area contributed by atoms with Gasteiger partial charge in [-0.2, -0.15) is 0 Å². The molecule has 1 aliphatic heterocycles. The summed E-state index contributed by atoms with van der Waals surface area (Å²) < 4.78 is 10.7. The zero-order valence-electron chi connectivity index (χ0n) is 18.1. The predicted octanol–water partition coefficient (Wildman–Crippen LogP) is 4.09.